The van der Waals surface area contributed by atoms with Gasteiger partial charge in [-0.3, -0.25) is 0 Å². The predicted molar refractivity (Wildman–Crippen MR) is 193 cm³/mol. The van der Waals surface area contributed by atoms with Crippen LogP contribution in [0.1, 0.15) is 22.3 Å². The van der Waals surface area contributed by atoms with Crippen LogP contribution in [-0.4, -0.2) is 0 Å². The molecule has 0 aromatic heterocycles. The molecule has 8 aromatic rings. The lowest BCUT2D eigenvalue weighted by molar-refractivity contribution is 0.795. The van der Waals surface area contributed by atoms with E-state index < -0.39 is 0 Å². The van der Waals surface area contributed by atoms with Gasteiger partial charge < -0.3 is 0 Å². The van der Waals surface area contributed by atoms with Crippen molar-refractivity contribution in [3.05, 3.63) is 180 Å². The van der Waals surface area contributed by atoms with Crippen LogP contribution in [0.2, 0.25) is 0 Å². The Balaban J connectivity index is 1.24. The Labute approximate surface area is 272 Å². The number of hydrogen-bond acceptors (Lipinski definition) is 1. The van der Waals surface area contributed by atoms with Gasteiger partial charge >= 0.3 is 0 Å². The highest BCUT2D eigenvalue weighted by Gasteiger charge is 2.51. The highest BCUT2D eigenvalue weighted by atomic mass is 32.2. The first-order chi connectivity index (χ1) is 22.8. The molecule has 0 unspecified atom stereocenters. The van der Waals surface area contributed by atoms with Crippen LogP contribution in [0.25, 0.3) is 66.1 Å². The van der Waals surface area contributed by atoms with Gasteiger partial charge in [0.15, 0.2) is 0 Å². The van der Waals surface area contributed by atoms with Crippen LogP contribution < -0.4 is 0 Å². The molecule has 11 rings (SSSR count). The van der Waals surface area contributed by atoms with E-state index >= 15 is 0 Å². The predicted octanol–water partition coefficient (Wildman–Crippen LogP) is 12.1. The Morgan fingerprint density at radius 1 is 0.348 bits per heavy atom. The lowest BCUT2D eigenvalue weighted by Gasteiger charge is -2.31. The molecule has 0 saturated heterocycles. The first kappa shape index (κ1) is 24.9. The van der Waals surface area contributed by atoms with Gasteiger partial charge in [-0.15, -0.1) is 0 Å². The molecule has 0 radical (unpaired) electrons. The van der Waals surface area contributed by atoms with Crippen molar-refractivity contribution in [2.45, 2.75) is 15.2 Å². The van der Waals surface area contributed by atoms with Gasteiger partial charge in [0.05, 0.1) is 5.41 Å². The van der Waals surface area contributed by atoms with E-state index in [4.69, 9.17) is 0 Å². The molecule has 0 nitrogen and oxygen atoms in total. The lowest BCUT2D eigenvalue weighted by Crippen LogP contribution is -2.25. The van der Waals surface area contributed by atoms with Gasteiger partial charge in [-0.25, -0.2) is 0 Å². The van der Waals surface area contributed by atoms with Crippen LogP contribution in [0, 0.1) is 0 Å². The van der Waals surface area contributed by atoms with Crippen LogP contribution in [0.5, 0.6) is 0 Å². The van der Waals surface area contributed by atoms with Crippen molar-refractivity contribution in [2.24, 2.45) is 0 Å². The Bertz CT molecular complexity index is 2580. The first-order valence-electron chi connectivity index (χ1n) is 16.0. The first-order valence-corrected chi connectivity index (χ1v) is 16.8. The number of hydrogen-bond donors (Lipinski definition) is 0. The molecule has 1 heterocycles. The number of rotatable bonds is 1. The van der Waals surface area contributed by atoms with E-state index in [1.807, 2.05) is 11.8 Å². The van der Waals surface area contributed by atoms with Gasteiger partial charge in [-0.1, -0.05) is 145 Å². The van der Waals surface area contributed by atoms with Crippen LogP contribution in [0.4, 0.5) is 0 Å². The average Bonchev–Trinajstić information content (AvgIpc) is 3.57. The summed E-state index contributed by atoms with van der Waals surface area (Å²) in [5.41, 5.74) is 15.8. The molecule has 1 aliphatic heterocycles. The van der Waals surface area contributed by atoms with Crippen molar-refractivity contribution in [1.29, 1.82) is 0 Å². The molecule has 2 aliphatic carbocycles. The minimum atomic E-state index is -0.378. The molecular weight excluding hydrogens is 573 g/mol. The Morgan fingerprint density at radius 3 is 1.74 bits per heavy atom. The Kier molecular flexibility index (Phi) is 4.80. The minimum Gasteiger partial charge on any atom is -0.0881 e. The monoisotopic (exact) mass is 598 g/mol. The molecule has 46 heavy (non-hydrogen) atoms. The third-order valence-corrected chi connectivity index (χ3v) is 11.9. The van der Waals surface area contributed by atoms with Crippen LogP contribution in [0.15, 0.2) is 168 Å². The molecule has 0 amide bonds. The smallest absolute Gasteiger partial charge is 0.0725 e. The topological polar surface area (TPSA) is 0 Å². The standard InChI is InChI=1S/C45H26S/c1-2-11-29-25-41-37(24-28(29)10-1)34-23-21-30(26-40(34)45(41)38-17-6-3-13-32(38)33-14-4-7-18-39(33)45)31-22-20-27-12-9-16-36-35-15-5-8-19-42(35)46-44(31)43(27)36/h1-26H. The summed E-state index contributed by atoms with van der Waals surface area (Å²) in [5.74, 6) is 0. The fourth-order valence-corrected chi connectivity index (χ4v) is 10.1. The fourth-order valence-electron chi connectivity index (χ4n) is 8.78. The van der Waals surface area contributed by atoms with Crippen molar-refractivity contribution >= 4 is 33.3 Å². The van der Waals surface area contributed by atoms with Crippen molar-refractivity contribution in [3.8, 4) is 44.5 Å². The van der Waals surface area contributed by atoms with Gasteiger partial charge in [0.25, 0.3) is 0 Å². The van der Waals surface area contributed by atoms with E-state index in [9.17, 15) is 0 Å². The highest BCUT2D eigenvalue weighted by Crippen LogP contribution is 2.64. The molecule has 3 aliphatic rings. The Morgan fingerprint density at radius 2 is 0.935 bits per heavy atom. The van der Waals surface area contributed by atoms with Crippen LogP contribution in [0.3, 0.4) is 0 Å². The van der Waals surface area contributed by atoms with Crippen molar-refractivity contribution in [3.63, 3.8) is 0 Å². The quantitative estimate of drug-likeness (QED) is 0.181. The third kappa shape index (κ3) is 3.02. The molecule has 8 aromatic carbocycles. The molecule has 0 atom stereocenters. The largest absolute Gasteiger partial charge is 0.0881 e. The lowest BCUT2D eigenvalue weighted by atomic mass is 9.70. The summed E-state index contributed by atoms with van der Waals surface area (Å²) >= 11 is 1.92. The maximum atomic E-state index is 2.53. The summed E-state index contributed by atoms with van der Waals surface area (Å²) < 4.78 is 0. The zero-order valence-electron chi connectivity index (χ0n) is 24.9. The summed E-state index contributed by atoms with van der Waals surface area (Å²) in [6.45, 7) is 0. The number of fused-ring (bicyclic) bond motifs is 13. The van der Waals surface area contributed by atoms with Crippen molar-refractivity contribution in [1.82, 2.24) is 0 Å². The van der Waals surface area contributed by atoms with Gasteiger partial charge in [-0.2, -0.15) is 0 Å². The maximum Gasteiger partial charge on any atom is 0.0725 e. The Hall–Kier alpha value is -5.37. The SMILES string of the molecule is c1ccc2c(c1)Sc1c(-c3ccc4c(c3)C3(c5ccccc5-c5ccccc53)c3cc5ccccc5cc3-4)ccc3cccc-2c13. The summed E-state index contributed by atoms with van der Waals surface area (Å²) in [6.07, 6.45) is 0. The number of benzene rings is 8. The fraction of sp³-hybridized carbons (Fsp3) is 0.0222. The van der Waals surface area contributed by atoms with Crippen LogP contribution in [-0.2, 0) is 5.41 Å². The maximum absolute atomic E-state index is 2.53. The summed E-state index contributed by atoms with van der Waals surface area (Å²) in [6, 6.07) is 59.5. The average molecular weight is 599 g/mol. The minimum absolute atomic E-state index is 0.378. The van der Waals surface area contributed by atoms with Crippen LogP contribution >= 0.6 is 11.8 Å². The van der Waals surface area contributed by atoms with E-state index in [1.54, 1.807) is 0 Å². The van der Waals surface area contributed by atoms with E-state index in [1.165, 1.54) is 98.1 Å². The van der Waals surface area contributed by atoms with Gasteiger partial charge in [-0.05, 0) is 107 Å². The molecular formula is C45H26S. The molecule has 1 heteroatoms. The zero-order valence-corrected chi connectivity index (χ0v) is 25.7. The molecule has 212 valence electrons. The van der Waals surface area contributed by atoms with E-state index in [-0.39, 0.29) is 5.41 Å². The normalized spacial score (nSPS) is 14.2. The van der Waals surface area contributed by atoms with E-state index in [0.29, 0.717) is 0 Å². The molecule has 0 bridgehead atoms. The second-order valence-corrected chi connectivity index (χ2v) is 13.8. The third-order valence-electron chi connectivity index (χ3n) is 10.7. The second-order valence-electron chi connectivity index (χ2n) is 12.8. The van der Waals surface area contributed by atoms with Gasteiger partial charge in [0.1, 0.15) is 0 Å². The molecule has 0 saturated carbocycles. The summed E-state index contributed by atoms with van der Waals surface area (Å²) in [7, 11) is 0. The van der Waals surface area contributed by atoms with E-state index in [2.05, 4.69) is 158 Å². The van der Waals surface area contributed by atoms with Crippen molar-refractivity contribution < 1.29 is 0 Å². The zero-order chi connectivity index (χ0) is 30.0. The summed E-state index contributed by atoms with van der Waals surface area (Å²) in [4.78, 5) is 2.68. The van der Waals surface area contributed by atoms with E-state index in [0.717, 1.165) is 0 Å². The molecule has 0 N–H and O–H groups in total. The van der Waals surface area contributed by atoms with Crippen molar-refractivity contribution in [2.75, 3.05) is 0 Å². The molecule has 1 spiro atoms. The second kappa shape index (κ2) is 8.88. The van der Waals surface area contributed by atoms with Gasteiger partial charge in [0, 0.05) is 15.2 Å². The highest BCUT2D eigenvalue weighted by molar-refractivity contribution is 8.00. The molecule has 0 fully saturated rings. The van der Waals surface area contributed by atoms with Gasteiger partial charge in [0.2, 0.25) is 0 Å². The summed E-state index contributed by atoms with van der Waals surface area (Å²) in [5, 5.41) is 5.24.